The Morgan fingerprint density at radius 1 is 0.800 bits per heavy atom. The van der Waals surface area contributed by atoms with Gasteiger partial charge in [0, 0.05) is 5.69 Å². The summed E-state index contributed by atoms with van der Waals surface area (Å²) in [6.07, 6.45) is 0. The molecular weight excluding hydrogens is 378 g/mol. The SMILES string of the molecule is CC(C)(C)c1ccc(OCC(=O)Nc2ccc(OC(=O)c3ccccc3)cc2)cc1. The first-order valence-electron chi connectivity index (χ1n) is 9.72. The lowest BCUT2D eigenvalue weighted by Crippen LogP contribution is -2.20. The van der Waals surface area contributed by atoms with Crippen LogP contribution in [0.3, 0.4) is 0 Å². The molecule has 0 unspecified atom stereocenters. The van der Waals surface area contributed by atoms with Gasteiger partial charge in [0.15, 0.2) is 6.61 Å². The van der Waals surface area contributed by atoms with E-state index in [1.165, 1.54) is 5.56 Å². The molecule has 5 heteroatoms. The van der Waals surface area contributed by atoms with Crippen molar-refractivity contribution in [1.82, 2.24) is 0 Å². The summed E-state index contributed by atoms with van der Waals surface area (Å²) in [4.78, 5) is 24.2. The van der Waals surface area contributed by atoms with Crippen LogP contribution in [0, 0.1) is 0 Å². The highest BCUT2D eigenvalue weighted by Crippen LogP contribution is 2.24. The van der Waals surface area contributed by atoms with Crippen LogP contribution < -0.4 is 14.8 Å². The van der Waals surface area contributed by atoms with Crippen LogP contribution in [0.5, 0.6) is 11.5 Å². The molecule has 3 rings (SSSR count). The average Bonchev–Trinajstić information content (AvgIpc) is 2.74. The van der Waals surface area contributed by atoms with Gasteiger partial charge in [0.2, 0.25) is 0 Å². The Morgan fingerprint density at radius 2 is 1.40 bits per heavy atom. The van der Waals surface area contributed by atoms with Crippen LogP contribution >= 0.6 is 0 Å². The second-order valence-electron chi connectivity index (χ2n) is 7.89. The number of rotatable bonds is 6. The van der Waals surface area contributed by atoms with E-state index >= 15 is 0 Å². The molecule has 5 nitrogen and oxygen atoms in total. The van der Waals surface area contributed by atoms with Gasteiger partial charge >= 0.3 is 5.97 Å². The number of hydrogen-bond donors (Lipinski definition) is 1. The summed E-state index contributed by atoms with van der Waals surface area (Å²) in [5.74, 6) is 0.334. The summed E-state index contributed by atoms with van der Waals surface area (Å²) in [6, 6.07) is 23.1. The van der Waals surface area contributed by atoms with Gasteiger partial charge in [-0.3, -0.25) is 4.79 Å². The molecule has 0 radical (unpaired) electrons. The number of hydrogen-bond acceptors (Lipinski definition) is 4. The number of ether oxygens (including phenoxy) is 2. The number of carbonyl (C=O) groups excluding carboxylic acids is 2. The van der Waals surface area contributed by atoms with Crippen LogP contribution in [-0.2, 0) is 10.2 Å². The van der Waals surface area contributed by atoms with Crippen molar-refractivity contribution in [3.8, 4) is 11.5 Å². The zero-order valence-corrected chi connectivity index (χ0v) is 17.3. The first kappa shape index (κ1) is 21.1. The van der Waals surface area contributed by atoms with E-state index in [0.29, 0.717) is 22.7 Å². The standard InChI is InChI=1S/C25H25NO4/c1-25(2,3)19-9-13-21(14-10-19)29-17-23(27)26-20-11-15-22(16-12-20)30-24(28)18-7-5-4-6-8-18/h4-16H,17H2,1-3H3,(H,26,27). The third-order valence-electron chi connectivity index (χ3n) is 4.45. The maximum atomic E-state index is 12.1. The largest absolute Gasteiger partial charge is 0.484 e. The van der Waals surface area contributed by atoms with Gasteiger partial charge < -0.3 is 14.8 Å². The highest BCUT2D eigenvalue weighted by Gasteiger charge is 2.13. The molecule has 0 fully saturated rings. The fourth-order valence-electron chi connectivity index (χ4n) is 2.74. The number of benzene rings is 3. The maximum absolute atomic E-state index is 12.1. The van der Waals surface area contributed by atoms with E-state index in [1.54, 1.807) is 48.5 Å². The Bertz CT molecular complexity index is 988. The van der Waals surface area contributed by atoms with Crippen molar-refractivity contribution in [3.05, 3.63) is 90.0 Å². The summed E-state index contributed by atoms with van der Waals surface area (Å²) in [7, 11) is 0. The molecule has 0 atom stereocenters. The molecule has 0 spiro atoms. The molecule has 1 N–H and O–H groups in total. The predicted molar refractivity (Wildman–Crippen MR) is 117 cm³/mol. The zero-order valence-electron chi connectivity index (χ0n) is 17.3. The number of nitrogens with one attached hydrogen (secondary N) is 1. The van der Waals surface area contributed by atoms with E-state index in [-0.39, 0.29) is 17.9 Å². The second kappa shape index (κ2) is 9.27. The van der Waals surface area contributed by atoms with Gasteiger partial charge in [-0.05, 0) is 59.5 Å². The van der Waals surface area contributed by atoms with E-state index in [9.17, 15) is 9.59 Å². The fourth-order valence-corrected chi connectivity index (χ4v) is 2.74. The monoisotopic (exact) mass is 403 g/mol. The molecule has 0 saturated heterocycles. The van der Waals surface area contributed by atoms with Gasteiger partial charge in [0.1, 0.15) is 11.5 Å². The fraction of sp³-hybridized carbons (Fsp3) is 0.200. The first-order valence-corrected chi connectivity index (χ1v) is 9.72. The maximum Gasteiger partial charge on any atom is 0.343 e. The predicted octanol–water partition coefficient (Wildman–Crippen LogP) is 5.22. The minimum absolute atomic E-state index is 0.0670. The second-order valence-corrected chi connectivity index (χ2v) is 7.89. The van der Waals surface area contributed by atoms with E-state index < -0.39 is 5.97 Å². The Labute approximate surface area is 176 Å². The quantitative estimate of drug-likeness (QED) is 0.453. The zero-order chi connectivity index (χ0) is 21.6. The van der Waals surface area contributed by atoms with Gasteiger partial charge in [0.25, 0.3) is 5.91 Å². The van der Waals surface area contributed by atoms with Crippen LogP contribution in [0.25, 0.3) is 0 Å². The molecule has 0 aromatic heterocycles. The molecular formula is C25H25NO4. The molecule has 154 valence electrons. The molecule has 0 heterocycles. The van der Waals surface area contributed by atoms with Crippen LogP contribution in [0.15, 0.2) is 78.9 Å². The minimum Gasteiger partial charge on any atom is -0.484 e. The highest BCUT2D eigenvalue weighted by atomic mass is 16.5. The van der Waals surface area contributed by atoms with Crippen LogP contribution in [0.2, 0.25) is 0 Å². The molecule has 0 bridgehead atoms. The van der Waals surface area contributed by atoms with E-state index in [2.05, 4.69) is 26.1 Å². The van der Waals surface area contributed by atoms with Crippen LogP contribution in [-0.4, -0.2) is 18.5 Å². The summed E-state index contributed by atoms with van der Waals surface area (Å²) >= 11 is 0. The van der Waals surface area contributed by atoms with Crippen molar-refractivity contribution >= 4 is 17.6 Å². The molecule has 0 aliphatic rings. The van der Waals surface area contributed by atoms with Crippen molar-refractivity contribution < 1.29 is 19.1 Å². The van der Waals surface area contributed by atoms with Crippen molar-refractivity contribution in [3.63, 3.8) is 0 Å². The van der Waals surface area contributed by atoms with Gasteiger partial charge in [-0.1, -0.05) is 51.1 Å². The summed E-state index contributed by atoms with van der Waals surface area (Å²) in [5, 5.41) is 2.76. The summed E-state index contributed by atoms with van der Waals surface area (Å²) in [6.45, 7) is 6.33. The van der Waals surface area contributed by atoms with Gasteiger partial charge in [0.05, 0.1) is 5.56 Å². The average molecular weight is 403 g/mol. The summed E-state index contributed by atoms with van der Waals surface area (Å²) in [5.41, 5.74) is 2.33. The van der Waals surface area contributed by atoms with Crippen LogP contribution in [0.1, 0.15) is 36.7 Å². The lowest BCUT2D eigenvalue weighted by Gasteiger charge is -2.19. The van der Waals surface area contributed by atoms with Crippen molar-refractivity contribution in [2.75, 3.05) is 11.9 Å². The molecule has 0 aliphatic heterocycles. The lowest BCUT2D eigenvalue weighted by atomic mass is 9.87. The summed E-state index contributed by atoms with van der Waals surface area (Å²) < 4.78 is 10.9. The highest BCUT2D eigenvalue weighted by molar-refractivity contribution is 5.92. The lowest BCUT2D eigenvalue weighted by molar-refractivity contribution is -0.118. The minimum atomic E-state index is -0.432. The van der Waals surface area contributed by atoms with Gasteiger partial charge in [-0.25, -0.2) is 4.79 Å². The molecule has 30 heavy (non-hydrogen) atoms. The molecule has 3 aromatic carbocycles. The molecule has 3 aromatic rings. The van der Waals surface area contributed by atoms with E-state index in [1.807, 2.05) is 30.3 Å². The van der Waals surface area contributed by atoms with Crippen molar-refractivity contribution in [2.24, 2.45) is 0 Å². The number of esters is 1. The van der Waals surface area contributed by atoms with Gasteiger partial charge in [-0.15, -0.1) is 0 Å². The Hall–Kier alpha value is -3.60. The normalized spacial score (nSPS) is 10.9. The Balaban J connectivity index is 1.49. The van der Waals surface area contributed by atoms with E-state index in [0.717, 1.165) is 0 Å². The Kier molecular flexibility index (Phi) is 6.52. The smallest absolute Gasteiger partial charge is 0.343 e. The topological polar surface area (TPSA) is 64.6 Å². The molecule has 1 amide bonds. The third kappa shape index (κ3) is 5.95. The van der Waals surface area contributed by atoms with Crippen molar-refractivity contribution in [1.29, 1.82) is 0 Å². The molecule has 0 saturated carbocycles. The van der Waals surface area contributed by atoms with Crippen molar-refractivity contribution in [2.45, 2.75) is 26.2 Å². The van der Waals surface area contributed by atoms with E-state index in [4.69, 9.17) is 9.47 Å². The Morgan fingerprint density at radius 3 is 2.00 bits per heavy atom. The number of carbonyl (C=O) groups is 2. The number of anilines is 1. The number of amides is 1. The first-order chi connectivity index (χ1) is 14.3. The van der Waals surface area contributed by atoms with Crippen LogP contribution in [0.4, 0.5) is 5.69 Å². The third-order valence-corrected chi connectivity index (χ3v) is 4.45. The molecule has 0 aliphatic carbocycles. The van der Waals surface area contributed by atoms with Gasteiger partial charge in [-0.2, -0.15) is 0 Å².